The molecule has 0 bridgehead atoms. The van der Waals surface area contributed by atoms with Gasteiger partial charge in [-0.05, 0) is 43.5 Å². The van der Waals surface area contributed by atoms with Crippen LogP contribution in [0.5, 0.6) is 11.5 Å². The third-order valence-corrected chi connectivity index (χ3v) is 4.77. The van der Waals surface area contributed by atoms with Crippen molar-refractivity contribution in [1.82, 2.24) is 0 Å². The molecule has 0 atom stereocenters. The van der Waals surface area contributed by atoms with Crippen molar-refractivity contribution in [3.63, 3.8) is 0 Å². The highest BCUT2D eigenvalue weighted by molar-refractivity contribution is 6.11. The number of azo groups is 1. The highest BCUT2D eigenvalue weighted by Crippen LogP contribution is 2.35. The number of aryl methyl sites for hydroxylation is 1. The van der Waals surface area contributed by atoms with Crippen molar-refractivity contribution >= 4 is 23.1 Å². The lowest BCUT2D eigenvalue weighted by Gasteiger charge is -2.07. The van der Waals surface area contributed by atoms with Gasteiger partial charge in [0.1, 0.15) is 17.2 Å². The van der Waals surface area contributed by atoms with Crippen LogP contribution in [0, 0.1) is 0 Å². The topological polar surface area (TPSA) is 109 Å². The van der Waals surface area contributed by atoms with Crippen molar-refractivity contribution in [2.45, 2.75) is 19.8 Å². The van der Waals surface area contributed by atoms with E-state index in [1.54, 1.807) is 49.4 Å². The fourth-order valence-corrected chi connectivity index (χ4v) is 2.98. The molecule has 3 aromatic rings. The zero-order valence-electron chi connectivity index (χ0n) is 18.2. The van der Waals surface area contributed by atoms with Gasteiger partial charge >= 0.3 is 5.97 Å². The van der Waals surface area contributed by atoms with Crippen LogP contribution < -0.4 is 0 Å². The molecular weight excluding hydrogens is 420 g/mol. The molecule has 0 aliphatic heterocycles. The molecule has 0 unspecified atom stereocenters. The van der Waals surface area contributed by atoms with Crippen LogP contribution >= 0.6 is 0 Å². The minimum atomic E-state index is -0.392. The van der Waals surface area contributed by atoms with Gasteiger partial charge in [-0.15, -0.1) is 5.11 Å². The van der Waals surface area contributed by atoms with E-state index in [0.29, 0.717) is 29.9 Å². The third-order valence-electron chi connectivity index (χ3n) is 4.77. The summed E-state index contributed by atoms with van der Waals surface area (Å²) >= 11 is 0. The minimum absolute atomic E-state index is 0.0237. The number of phenolic OH excluding ortho intramolecular Hbond substituents is 2. The van der Waals surface area contributed by atoms with E-state index >= 15 is 0 Å². The Balaban J connectivity index is 1.66. The van der Waals surface area contributed by atoms with Crippen molar-refractivity contribution in [3.05, 3.63) is 95.6 Å². The molecule has 0 amide bonds. The lowest BCUT2D eigenvalue weighted by atomic mass is 10.0. The lowest BCUT2D eigenvalue weighted by Crippen LogP contribution is -2.06. The minimum Gasteiger partial charge on any atom is -0.507 e. The van der Waals surface area contributed by atoms with Crippen molar-refractivity contribution in [2.24, 2.45) is 10.2 Å². The molecule has 0 aliphatic rings. The molecule has 2 N–H and O–H groups in total. The summed E-state index contributed by atoms with van der Waals surface area (Å²) in [4.78, 5) is 24.0. The molecule has 0 saturated heterocycles. The summed E-state index contributed by atoms with van der Waals surface area (Å²) < 4.78 is 5.07. The number of phenols is 2. The number of benzene rings is 3. The summed E-state index contributed by atoms with van der Waals surface area (Å²) in [6.45, 7) is 5.46. The number of rotatable bonds is 9. The summed E-state index contributed by atoms with van der Waals surface area (Å²) in [5.74, 6) is -1.40. The van der Waals surface area contributed by atoms with Crippen molar-refractivity contribution in [1.29, 1.82) is 0 Å². The average Bonchev–Trinajstić information content (AvgIpc) is 2.82. The Morgan fingerprint density at radius 3 is 2.30 bits per heavy atom. The van der Waals surface area contributed by atoms with Gasteiger partial charge in [0.25, 0.3) is 0 Å². The predicted molar refractivity (Wildman–Crippen MR) is 124 cm³/mol. The van der Waals surface area contributed by atoms with E-state index < -0.39 is 5.97 Å². The van der Waals surface area contributed by atoms with Gasteiger partial charge in [-0.3, -0.25) is 4.79 Å². The van der Waals surface area contributed by atoms with Gasteiger partial charge < -0.3 is 14.9 Å². The number of esters is 1. The van der Waals surface area contributed by atoms with Crippen molar-refractivity contribution in [3.8, 4) is 11.5 Å². The third kappa shape index (κ3) is 6.36. The van der Waals surface area contributed by atoms with Crippen LogP contribution in [0.3, 0.4) is 0 Å². The first-order valence-electron chi connectivity index (χ1n) is 10.3. The van der Waals surface area contributed by atoms with Crippen molar-refractivity contribution < 1.29 is 24.5 Å². The van der Waals surface area contributed by atoms with Crippen LogP contribution in [0.2, 0.25) is 0 Å². The number of carbonyl (C=O) groups is 2. The summed E-state index contributed by atoms with van der Waals surface area (Å²) in [5.41, 5.74) is 2.47. The van der Waals surface area contributed by atoms with E-state index in [0.717, 1.165) is 18.1 Å². The van der Waals surface area contributed by atoms with E-state index in [1.807, 2.05) is 12.1 Å². The second-order valence-corrected chi connectivity index (χ2v) is 7.44. The fourth-order valence-electron chi connectivity index (χ4n) is 2.98. The standard InChI is InChI=1S/C26H24N2O5/c1-17(2)26(32)33-14-6-7-18-10-12-20(13-11-18)27-28-22-15-21(23(29)16-24(22)30)25(31)19-8-4-3-5-9-19/h3-5,8-13,15-16,29-30H,1,6-7,14H2,2H3. The van der Waals surface area contributed by atoms with Gasteiger partial charge in [-0.25, -0.2) is 4.79 Å². The molecular formula is C26H24N2O5. The Bertz CT molecular complexity index is 1190. The number of ketones is 1. The van der Waals surface area contributed by atoms with Crippen molar-refractivity contribution in [2.75, 3.05) is 6.61 Å². The molecule has 0 aliphatic carbocycles. The lowest BCUT2D eigenvalue weighted by molar-refractivity contribution is -0.139. The first-order chi connectivity index (χ1) is 15.8. The summed E-state index contributed by atoms with van der Waals surface area (Å²) in [6, 6.07) is 18.2. The van der Waals surface area contributed by atoms with E-state index in [1.165, 1.54) is 6.07 Å². The van der Waals surface area contributed by atoms with Gasteiger partial charge in [0.2, 0.25) is 0 Å². The summed E-state index contributed by atoms with van der Waals surface area (Å²) in [5, 5.41) is 28.4. The Labute approximate surface area is 191 Å². The van der Waals surface area contributed by atoms with Crippen LogP contribution in [0.4, 0.5) is 11.4 Å². The number of hydrogen-bond donors (Lipinski definition) is 2. The average molecular weight is 444 g/mol. The van der Waals surface area contributed by atoms with Gasteiger partial charge in [-0.2, -0.15) is 5.11 Å². The van der Waals surface area contributed by atoms with E-state index in [2.05, 4.69) is 16.8 Å². The van der Waals surface area contributed by atoms with Gasteiger partial charge in [0.15, 0.2) is 5.78 Å². The second kappa shape index (κ2) is 10.9. The Kier molecular flexibility index (Phi) is 7.70. The molecule has 3 rings (SSSR count). The number of ether oxygens (including phenoxy) is 1. The Morgan fingerprint density at radius 1 is 0.939 bits per heavy atom. The first kappa shape index (κ1) is 23.4. The maximum atomic E-state index is 12.7. The summed E-state index contributed by atoms with van der Waals surface area (Å²) in [6.07, 6.45) is 1.41. The highest BCUT2D eigenvalue weighted by atomic mass is 16.5. The van der Waals surface area contributed by atoms with Gasteiger partial charge in [-0.1, -0.05) is 49.0 Å². The van der Waals surface area contributed by atoms with Crippen LogP contribution in [0.1, 0.15) is 34.8 Å². The van der Waals surface area contributed by atoms with Crippen LogP contribution in [-0.4, -0.2) is 28.6 Å². The highest BCUT2D eigenvalue weighted by Gasteiger charge is 2.17. The molecule has 168 valence electrons. The van der Waals surface area contributed by atoms with E-state index in [9.17, 15) is 19.8 Å². The predicted octanol–water partition coefficient (Wildman–Crippen LogP) is 5.80. The van der Waals surface area contributed by atoms with E-state index in [-0.39, 0.29) is 28.5 Å². The van der Waals surface area contributed by atoms with Gasteiger partial charge in [0.05, 0.1) is 17.9 Å². The molecule has 0 radical (unpaired) electrons. The molecule has 33 heavy (non-hydrogen) atoms. The number of nitrogens with zero attached hydrogens (tertiary/aromatic N) is 2. The maximum absolute atomic E-state index is 12.7. The fraction of sp³-hybridized carbons (Fsp3) is 0.154. The van der Waals surface area contributed by atoms with Gasteiger partial charge in [0, 0.05) is 17.2 Å². The monoisotopic (exact) mass is 444 g/mol. The van der Waals surface area contributed by atoms with Crippen LogP contribution in [0.15, 0.2) is 89.1 Å². The number of aromatic hydroxyl groups is 2. The smallest absolute Gasteiger partial charge is 0.333 e. The molecule has 0 heterocycles. The zero-order valence-corrected chi connectivity index (χ0v) is 18.2. The Morgan fingerprint density at radius 2 is 1.64 bits per heavy atom. The van der Waals surface area contributed by atoms with Crippen LogP contribution in [-0.2, 0) is 16.0 Å². The normalized spacial score (nSPS) is 10.8. The van der Waals surface area contributed by atoms with Crippen LogP contribution in [0.25, 0.3) is 0 Å². The number of hydrogen-bond acceptors (Lipinski definition) is 7. The second-order valence-electron chi connectivity index (χ2n) is 7.44. The van der Waals surface area contributed by atoms with E-state index in [4.69, 9.17) is 4.74 Å². The molecule has 0 fully saturated rings. The molecule has 0 spiro atoms. The molecule has 3 aromatic carbocycles. The molecule has 0 saturated carbocycles. The molecule has 7 nitrogen and oxygen atoms in total. The molecule has 7 heteroatoms. The maximum Gasteiger partial charge on any atom is 0.333 e. The largest absolute Gasteiger partial charge is 0.507 e. The SMILES string of the molecule is C=C(C)C(=O)OCCCc1ccc(N=Nc2cc(C(=O)c3ccccc3)c(O)cc2O)cc1. The molecule has 0 aromatic heterocycles. The quantitative estimate of drug-likeness (QED) is 0.143. The summed E-state index contributed by atoms with van der Waals surface area (Å²) in [7, 11) is 0. The Hall–Kier alpha value is -4.26. The first-order valence-corrected chi connectivity index (χ1v) is 10.3. The number of carbonyl (C=O) groups excluding carboxylic acids is 2. The zero-order chi connectivity index (χ0) is 23.8.